The van der Waals surface area contributed by atoms with Crippen molar-refractivity contribution in [1.82, 2.24) is 0 Å². The van der Waals surface area contributed by atoms with Gasteiger partial charge in [-0.3, -0.25) is 0 Å². The quantitative estimate of drug-likeness (QED) is 0.779. The second-order valence-electron chi connectivity index (χ2n) is 4.59. The Morgan fingerprint density at radius 1 is 1.50 bits per heavy atom. The molecule has 3 nitrogen and oxygen atoms in total. The van der Waals surface area contributed by atoms with Crippen LogP contribution in [0.25, 0.3) is 0 Å². The molecular formula is C13H20N2O. The van der Waals surface area contributed by atoms with E-state index in [9.17, 15) is 0 Å². The molecule has 1 aromatic rings. The molecule has 2 N–H and O–H groups in total. The first-order chi connectivity index (χ1) is 7.63. The zero-order valence-electron chi connectivity index (χ0n) is 10.2. The number of nitrogens with two attached hydrogens (primary N) is 1. The number of ether oxygens (including phenoxy) is 1. The van der Waals surface area contributed by atoms with Crippen LogP contribution in [-0.2, 0) is 0 Å². The third-order valence-corrected chi connectivity index (χ3v) is 3.09. The topological polar surface area (TPSA) is 38.5 Å². The van der Waals surface area contributed by atoms with E-state index in [1.807, 2.05) is 18.2 Å². The van der Waals surface area contributed by atoms with E-state index in [0.717, 1.165) is 30.1 Å². The molecule has 0 amide bonds. The molecule has 1 unspecified atom stereocenters. The maximum absolute atomic E-state index is 6.03. The van der Waals surface area contributed by atoms with E-state index in [0.29, 0.717) is 6.04 Å². The van der Waals surface area contributed by atoms with Gasteiger partial charge in [0, 0.05) is 6.04 Å². The van der Waals surface area contributed by atoms with Crippen molar-refractivity contribution in [2.24, 2.45) is 0 Å². The summed E-state index contributed by atoms with van der Waals surface area (Å²) in [6.45, 7) is 7.46. The Morgan fingerprint density at radius 3 is 2.88 bits per heavy atom. The van der Waals surface area contributed by atoms with Crippen LogP contribution in [-0.4, -0.2) is 18.7 Å². The SMILES string of the molecule is CCC1CN(C(C)C)c2c(N)cccc2O1. The van der Waals surface area contributed by atoms with Crippen LogP contribution in [0.15, 0.2) is 18.2 Å². The number of anilines is 2. The summed E-state index contributed by atoms with van der Waals surface area (Å²) in [5.41, 5.74) is 7.90. The lowest BCUT2D eigenvalue weighted by Gasteiger charge is -2.39. The number of rotatable bonds is 2. The molecule has 0 bridgehead atoms. The van der Waals surface area contributed by atoms with Crippen LogP contribution in [0.2, 0.25) is 0 Å². The smallest absolute Gasteiger partial charge is 0.145 e. The average molecular weight is 220 g/mol. The van der Waals surface area contributed by atoms with Crippen LogP contribution < -0.4 is 15.4 Å². The fourth-order valence-corrected chi connectivity index (χ4v) is 2.15. The Kier molecular flexibility index (Phi) is 2.95. The van der Waals surface area contributed by atoms with E-state index in [1.165, 1.54) is 0 Å². The molecule has 0 aromatic heterocycles. The third-order valence-electron chi connectivity index (χ3n) is 3.09. The van der Waals surface area contributed by atoms with Gasteiger partial charge in [0.15, 0.2) is 0 Å². The second kappa shape index (κ2) is 4.24. The summed E-state index contributed by atoms with van der Waals surface area (Å²) < 4.78 is 5.92. The number of nitrogen functional groups attached to an aromatic ring is 1. The number of benzene rings is 1. The van der Waals surface area contributed by atoms with Crippen molar-refractivity contribution in [3.8, 4) is 5.75 Å². The minimum Gasteiger partial charge on any atom is -0.486 e. The van der Waals surface area contributed by atoms with E-state index >= 15 is 0 Å². The minimum absolute atomic E-state index is 0.275. The van der Waals surface area contributed by atoms with Gasteiger partial charge in [-0.15, -0.1) is 0 Å². The summed E-state index contributed by atoms with van der Waals surface area (Å²) in [6, 6.07) is 6.33. The lowest BCUT2D eigenvalue weighted by Crippen LogP contribution is -2.43. The van der Waals surface area contributed by atoms with Gasteiger partial charge in [0.2, 0.25) is 0 Å². The molecule has 0 saturated carbocycles. The Labute approximate surface area is 97.2 Å². The highest BCUT2D eigenvalue weighted by Gasteiger charge is 2.27. The minimum atomic E-state index is 0.275. The Balaban J connectivity index is 2.43. The van der Waals surface area contributed by atoms with Crippen LogP contribution in [0.4, 0.5) is 11.4 Å². The summed E-state index contributed by atoms with van der Waals surface area (Å²) in [5, 5.41) is 0. The highest BCUT2D eigenvalue weighted by atomic mass is 16.5. The molecule has 1 atom stereocenters. The molecule has 1 aliphatic heterocycles. The largest absolute Gasteiger partial charge is 0.486 e. The van der Waals surface area contributed by atoms with E-state index in [-0.39, 0.29) is 6.10 Å². The highest BCUT2D eigenvalue weighted by molar-refractivity contribution is 5.76. The van der Waals surface area contributed by atoms with Crippen LogP contribution in [0.3, 0.4) is 0 Å². The molecule has 0 spiro atoms. The fraction of sp³-hybridized carbons (Fsp3) is 0.538. The first kappa shape index (κ1) is 11.1. The van der Waals surface area contributed by atoms with Gasteiger partial charge in [-0.05, 0) is 32.4 Å². The predicted octanol–water partition coefficient (Wildman–Crippen LogP) is 2.65. The molecule has 0 saturated heterocycles. The van der Waals surface area contributed by atoms with Crippen molar-refractivity contribution >= 4 is 11.4 Å². The van der Waals surface area contributed by atoms with Crippen molar-refractivity contribution in [3.63, 3.8) is 0 Å². The van der Waals surface area contributed by atoms with Gasteiger partial charge in [-0.2, -0.15) is 0 Å². The zero-order chi connectivity index (χ0) is 11.7. The zero-order valence-corrected chi connectivity index (χ0v) is 10.2. The molecule has 88 valence electrons. The number of hydrogen-bond acceptors (Lipinski definition) is 3. The molecule has 1 aliphatic rings. The Morgan fingerprint density at radius 2 is 2.25 bits per heavy atom. The maximum Gasteiger partial charge on any atom is 0.145 e. The number of fused-ring (bicyclic) bond motifs is 1. The van der Waals surface area contributed by atoms with Gasteiger partial charge in [0.1, 0.15) is 17.5 Å². The Bertz CT molecular complexity index is 376. The van der Waals surface area contributed by atoms with E-state index in [2.05, 4.69) is 25.7 Å². The molecule has 0 radical (unpaired) electrons. The van der Waals surface area contributed by atoms with Crippen molar-refractivity contribution in [2.75, 3.05) is 17.2 Å². The molecule has 1 aromatic carbocycles. The van der Waals surface area contributed by atoms with Gasteiger partial charge in [0.25, 0.3) is 0 Å². The second-order valence-corrected chi connectivity index (χ2v) is 4.59. The van der Waals surface area contributed by atoms with Crippen LogP contribution >= 0.6 is 0 Å². The lowest BCUT2D eigenvalue weighted by atomic mass is 10.1. The highest BCUT2D eigenvalue weighted by Crippen LogP contribution is 2.39. The number of para-hydroxylation sites is 1. The van der Waals surface area contributed by atoms with Gasteiger partial charge in [-0.25, -0.2) is 0 Å². The number of nitrogens with zero attached hydrogens (tertiary/aromatic N) is 1. The molecule has 3 heteroatoms. The third kappa shape index (κ3) is 1.82. The summed E-state index contributed by atoms with van der Waals surface area (Å²) in [5.74, 6) is 0.923. The van der Waals surface area contributed by atoms with Crippen molar-refractivity contribution in [2.45, 2.75) is 39.3 Å². The fourth-order valence-electron chi connectivity index (χ4n) is 2.15. The molecule has 0 aliphatic carbocycles. The van der Waals surface area contributed by atoms with Gasteiger partial charge >= 0.3 is 0 Å². The molecule has 0 fully saturated rings. The van der Waals surface area contributed by atoms with E-state index < -0.39 is 0 Å². The average Bonchev–Trinajstić information content (AvgIpc) is 2.27. The Hall–Kier alpha value is -1.38. The summed E-state index contributed by atoms with van der Waals surface area (Å²) >= 11 is 0. The molecule has 2 rings (SSSR count). The molecule has 16 heavy (non-hydrogen) atoms. The normalized spacial score (nSPS) is 19.5. The van der Waals surface area contributed by atoms with E-state index in [4.69, 9.17) is 10.5 Å². The molecular weight excluding hydrogens is 200 g/mol. The van der Waals surface area contributed by atoms with Crippen LogP contribution in [0.1, 0.15) is 27.2 Å². The van der Waals surface area contributed by atoms with Gasteiger partial charge in [0.05, 0.1) is 12.2 Å². The molecule has 1 heterocycles. The first-order valence-corrected chi connectivity index (χ1v) is 5.95. The lowest BCUT2D eigenvalue weighted by molar-refractivity contribution is 0.186. The predicted molar refractivity (Wildman–Crippen MR) is 68.0 cm³/mol. The van der Waals surface area contributed by atoms with Crippen LogP contribution in [0.5, 0.6) is 5.75 Å². The standard InChI is InChI=1S/C13H20N2O/c1-4-10-8-15(9(2)3)13-11(14)6-5-7-12(13)16-10/h5-7,9-10H,4,8,14H2,1-3H3. The maximum atomic E-state index is 6.03. The van der Waals surface area contributed by atoms with Crippen molar-refractivity contribution in [3.05, 3.63) is 18.2 Å². The van der Waals surface area contributed by atoms with Crippen molar-refractivity contribution < 1.29 is 4.74 Å². The number of hydrogen-bond donors (Lipinski definition) is 1. The summed E-state index contributed by atoms with van der Waals surface area (Å²) in [6.07, 6.45) is 1.30. The van der Waals surface area contributed by atoms with Gasteiger partial charge < -0.3 is 15.4 Å². The van der Waals surface area contributed by atoms with Crippen LogP contribution in [0, 0.1) is 0 Å². The monoisotopic (exact) mass is 220 g/mol. The summed E-state index contributed by atoms with van der Waals surface area (Å²) in [7, 11) is 0. The summed E-state index contributed by atoms with van der Waals surface area (Å²) in [4.78, 5) is 2.34. The van der Waals surface area contributed by atoms with E-state index in [1.54, 1.807) is 0 Å². The van der Waals surface area contributed by atoms with Crippen molar-refractivity contribution in [1.29, 1.82) is 0 Å². The first-order valence-electron chi connectivity index (χ1n) is 5.95. The van der Waals surface area contributed by atoms with Gasteiger partial charge in [-0.1, -0.05) is 13.0 Å².